The average Bonchev–Trinajstić information content (AvgIpc) is 3.12. The predicted octanol–water partition coefficient (Wildman–Crippen LogP) is 3.14. The van der Waals surface area contributed by atoms with Gasteiger partial charge in [0.05, 0.1) is 10.5 Å². The molecule has 0 radical (unpaired) electrons. The Bertz CT molecular complexity index is 835. The zero-order valence-corrected chi connectivity index (χ0v) is 14.7. The molecule has 25 heavy (non-hydrogen) atoms. The molecule has 1 amide bonds. The van der Waals surface area contributed by atoms with E-state index in [1.54, 1.807) is 14.0 Å². The van der Waals surface area contributed by atoms with Gasteiger partial charge in [-0.2, -0.15) is 5.10 Å². The van der Waals surface area contributed by atoms with Crippen molar-refractivity contribution in [1.29, 1.82) is 0 Å². The van der Waals surface area contributed by atoms with Gasteiger partial charge in [0.1, 0.15) is 5.69 Å². The number of nitrogens with zero attached hydrogens (tertiary/aromatic N) is 3. The number of nitro groups is 1. The zero-order chi connectivity index (χ0) is 18.2. The molecule has 7 nitrogen and oxygen atoms in total. The molecule has 0 bridgehead atoms. The topological polar surface area (TPSA) is 90.1 Å². The summed E-state index contributed by atoms with van der Waals surface area (Å²) < 4.78 is 1.29. The van der Waals surface area contributed by atoms with Gasteiger partial charge in [0.2, 0.25) is 5.69 Å². The predicted molar refractivity (Wildman–Crippen MR) is 93.4 cm³/mol. The fourth-order valence-electron chi connectivity index (χ4n) is 3.80. The molecule has 1 N–H and O–H groups in total. The third-order valence-electron chi connectivity index (χ3n) is 4.97. The van der Waals surface area contributed by atoms with Gasteiger partial charge < -0.3 is 5.32 Å². The SMILES string of the molecule is Cc1cccc(C2(NC(=O)c3c([N+](=O)[O-])c(C)nn3C)CCCC2)c1. The van der Waals surface area contributed by atoms with Crippen molar-refractivity contribution in [3.8, 4) is 0 Å². The van der Waals surface area contributed by atoms with Crippen molar-refractivity contribution in [1.82, 2.24) is 15.1 Å². The van der Waals surface area contributed by atoms with Crippen LogP contribution in [0.3, 0.4) is 0 Å². The highest BCUT2D eigenvalue weighted by Gasteiger charge is 2.40. The Morgan fingerprint density at radius 1 is 1.32 bits per heavy atom. The minimum Gasteiger partial charge on any atom is -0.341 e. The number of rotatable bonds is 4. The summed E-state index contributed by atoms with van der Waals surface area (Å²) in [4.78, 5) is 23.8. The van der Waals surface area contributed by atoms with Gasteiger partial charge in [-0.15, -0.1) is 0 Å². The van der Waals surface area contributed by atoms with Crippen LogP contribution >= 0.6 is 0 Å². The highest BCUT2D eigenvalue weighted by Crippen LogP contribution is 2.39. The van der Waals surface area contributed by atoms with Crippen LogP contribution in [0.1, 0.15) is 53.0 Å². The normalized spacial score (nSPS) is 16.0. The first-order chi connectivity index (χ1) is 11.8. The second kappa shape index (κ2) is 6.31. The third-order valence-corrected chi connectivity index (χ3v) is 4.97. The number of carbonyl (C=O) groups excluding carboxylic acids is 1. The molecule has 0 saturated heterocycles. The Morgan fingerprint density at radius 3 is 2.60 bits per heavy atom. The van der Waals surface area contributed by atoms with Crippen molar-refractivity contribution in [2.24, 2.45) is 7.05 Å². The molecule has 2 aromatic rings. The van der Waals surface area contributed by atoms with E-state index in [1.165, 1.54) is 4.68 Å². The average molecular weight is 342 g/mol. The van der Waals surface area contributed by atoms with E-state index in [0.29, 0.717) is 0 Å². The number of aryl methyl sites for hydroxylation is 3. The zero-order valence-electron chi connectivity index (χ0n) is 14.7. The van der Waals surface area contributed by atoms with Crippen molar-refractivity contribution in [3.63, 3.8) is 0 Å². The lowest BCUT2D eigenvalue weighted by Crippen LogP contribution is -2.44. The molecule has 1 aliphatic carbocycles. The smallest absolute Gasteiger partial charge is 0.322 e. The van der Waals surface area contributed by atoms with Gasteiger partial charge in [-0.3, -0.25) is 19.6 Å². The van der Waals surface area contributed by atoms with Crippen LogP contribution < -0.4 is 5.32 Å². The number of amides is 1. The second-order valence-corrected chi connectivity index (χ2v) is 6.78. The number of hydrogen-bond donors (Lipinski definition) is 1. The maximum absolute atomic E-state index is 12.9. The van der Waals surface area contributed by atoms with Gasteiger partial charge in [0.25, 0.3) is 5.91 Å². The molecule has 1 aromatic heterocycles. The van der Waals surface area contributed by atoms with E-state index in [-0.39, 0.29) is 17.1 Å². The number of carbonyl (C=O) groups is 1. The molecule has 1 saturated carbocycles. The van der Waals surface area contributed by atoms with Crippen molar-refractivity contribution in [2.75, 3.05) is 0 Å². The number of aromatic nitrogens is 2. The summed E-state index contributed by atoms with van der Waals surface area (Å²) in [6.07, 6.45) is 3.68. The molecule has 7 heteroatoms. The van der Waals surface area contributed by atoms with Crippen LogP contribution in [-0.4, -0.2) is 20.6 Å². The molecule has 1 aromatic carbocycles. The Morgan fingerprint density at radius 2 is 2.00 bits per heavy atom. The van der Waals surface area contributed by atoms with Crippen molar-refractivity contribution in [2.45, 2.75) is 45.1 Å². The van der Waals surface area contributed by atoms with Crippen LogP contribution in [0.2, 0.25) is 0 Å². The van der Waals surface area contributed by atoms with Crippen molar-refractivity contribution in [3.05, 3.63) is 56.9 Å². The maximum atomic E-state index is 12.9. The van der Waals surface area contributed by atoms with Crippen molar-refractivity contribution < 1.29 is 9.72 Å². The van der Waals surface area contributed by atoms with Crippen LogP contribution in [0, 0.1) is 24.0 Å². The Labute approximate surface area is 146 Å². The number of hydrogen-bond acceptors (Lipinski definition) is 4. The first-order valence-corrected chi connectivity index (χ1v) is 8.42. The van der Waals surface area contributed by atoms with Gasteiger partial charge in [0.15, 0.2) is 0 Å². The van der Waals surface area contributed by atoms with Gasteiger partial charge in [-0.25, -0.2) is 0 Å². The summed E-state index contributed by atoms with van der Waals surface area (Å²) in [5, 5.41) is 18.5. The minimum absolute atomic E-state index is 0.00132. The molecule has 0 atom stereocenters. The summed E-state index contributed by atoms with van der Waals surface area (Å²) in [6.45, 7) is 3.56. The molecule has 1 heterocycles. The molecule has 3 rings (SSSR count). The van der Waals surface area contributed by atoms with Crippen LogP contribution in [-0.2, 0) is 12.6 Å². The second-order valence-electron chi connectivity index (χ2n) is 6.78. The van der Waals surface area contributed by atoms with Crippen LogP contribution in [0.25, 0.3) is 0 Å². The Kier molecular flexibility index (Phi) is 4.32. The maximum Gasteiger partial charge on any atom is 0.322 e. The van der Waals surface area contributed by atoms with Gasteiger partial charge in [-0.1, -0.05) is 42.7 Å². The van der Waals surface area contributed by atoms with E-state index in [2.05, 4.69) is 16.5 Å². The van der Waals surface area contributed by atoms with E-state index in [1.807, 2.05) is 25.1 Å². The fourth-order valence-corrected chi connectivity index (χ4v) is 3.80. The van der Waals surface area contributed by atoms with E-state index < -0.39 is 16.4 Å². The summed E-state index contributed by atoms with van der Waals surface area (Å²) in [6, 6.07) is 8.09. The minimum atomic E-state index is -0.536. The number of benzene rings is 1. The lowest BCUT2D eigenvalue weighted by molar-refractivity contribution is -0.385. The van der Waals surface area contributed by atoms with Gasteiger partial charge in [0, 0.05) is 7.05 Å². The monoisotopic (exact) mass is 342 g/mol. The van der Waals surface area contributed by atoms with E-state index in [9.17, 15) is 14.9 Å². The number of nitrogens with one attached hydrogen (secondary N) is 1. The quantitative estimate of drug-likeness (QED) is 0.682. The molecule has 132 valence electrons. The first-order valence-electron chi connectivity index (χ1n) is 8.42. The van der Waals surface area contributed by atoms with E-state index >= 15 is 0 Å². The Hall–Kier alpha value is -2.70. The van der Waals surface area contributed by atoms with Crippen LogP contribution in [0.4, 0.5) is 5.69 Å². The lowest BCUT2D eigenvalue weighted by atomic mass is 9.87. The molecular formula is C18H22N4O3. The Balaban J connectivity index is 2.00. The van der Waals surface area contributed by atoms with E-state index in [0.717, 1.165) is 36.8 Å². The third kappa shape index (κ3) is 3.01. The molecule has 0 spiro atoms. The largest absolute Gasteiger partial charge is 0.341 e. The summed E-state index contributed by atoms with van der Waals surface area (Å²) in [7, 11) is 1.56. The van der Waals surface area contributed by atoms with E-state index in [4.69, 9.17) is 0 Å². The summed E-state index contributed by atoms with van der Waals surface area (Å²) in [5.74, 6) is -0.446. The standard InChI is InChI=1S/C18H22N4O3/c1-12-7-6-8-14(11-12)18(9-4-5-10-18)19-17(23)16-15(22(24)25)13(2)20-21(16)3/h6-8,11H,4-5,9-10H2,1-3H3,(H,19,23). The highest BCUT2D eigenvalue weighted by molar-refractivity contribution is 5.97. The molecule has 1 fully saturated rings. The summed E-state index contributed by atoms with van der Waals surface area (Å²) >= 11 is 0. The molecule has 0 unspecified atom stereocenters. The summed E-state index contributed by atoms with van der Waals surface area (Å²) in [5.41, 5.74) is 1.72. The first kappa shape index (κ1) is 17.1. The molecular weight excluding hydrogens is 320 g/mol. The molecule has 0 aliphatic heterocycles. The van der Waals surface area contributed by atoms with Gasteiger partial charge >= 0.3 is 5.69 Å². The van der Waals surface area contributed by atoms with Crippen LogP contribution in [0.15, 0.2) is 24.3 Å². The highest BCUT2D eigenvalue weighted by atomic mass is 16.6. The lowest BCUT2D eigenvalue weighted by Gasteiger charge is -2.31. The fraction of sp³-hybridized carbons (Fsp3) is 0.444. The molecule has 1 aliphatic rings. The van der Waals surface area contributed by atoms with Crippen LogP contribution in [0.5, 0.6) is 0 Å². The van der Waals surface area contributed by atoms with Crippen molar-refractivity contribution >= 4 is 11.6 Å². The van der Waals surface area contributed by atoms with Gasteiger partial charge in [-0.05, 0) is 32.3 Å².